The van der Waals surface area contributed by atoms with Crippen LogP contribution in [0.15, 0.2) is 36.4 Å². The van der Waals surface area contributed by atoms with Crippen LogP contribution in [-0.2, 0) is 4.79 Å². The van der Waals surface area contributed by atoms with E-state index in [-0.39, 0.29) is 17.5 Å². The highest BCUT2D eigenvalue weighted by Gasteiger charge is 2.16. The van der Waals surface area contributed by atoms with Gasteiger partial charge in [0.05, 0.1) is 5.92 Å². The Labute approximate surface area is 157 Å². The zero-order valence-electron chi connectivity index (χ0n) is 17.0. The van der Waals surface area contributed by atoms with Crippen LogP contribution in [0.4, 0.5) is 0 Å². The average molecular weight is 354 g/mol. The molecule has 26 heavy (non-hydrogen) atoms. The number of hydrogen-bond acceptors (Lipinski definition) is 3. The van der Waals surface area contributed by atoms with Crippen molar-refractivity contribution in [3.05, 3.63) is 47.5 Å². The van der Waals surface area contributed by atoms with Gasteiger partial charge in [-0.2, -0.15) is 0 Å². The minimum absolute atomic E-state index is 0.0907. The van der Waals surface area contributed by atoms with Crippen molar-refractivity contribution >= 4 is 5.97 Å². The molecule has 0 aliphatic carbocycles. The SMILES string of the molecule is CCC(C)C(=O)Oc1ccc(-c2ccc(OC(C)(C)C)c(C)c2)cc1C. The largest absolute Gasteiger partial charge is 0.488 e. The first kappa shape index (κ1) is 20.0. The zero-order valence-corrected chi connectivity index (χ0v) is 17.0. The fourth-order valence-electron chi connectivity index (χ4n) is 2.59. The van der Waals surface area contributed by atoms with Crippen molar-refractivity contribution in [3.63, 3.8) is 0 Å². The Balaban J connectivity index is 2.23. The molecule has 2 rings (SSSR count). The van der Waals surface area contributed by atoms with Crippen LogP contribution in [0.1, 0.15) is 52.2 Å². The van der Waals surface area contributed by atoms with Crippen LogP contribution >= 0.6 is 0 Å². The summed E-state index contributed by atoms with van der Waals surface area (Å²) in [7, 11) is 0. The molecule has 0 aromatic heterocycles. The van der Waals surface area contributed by atoms with Crippen LogP contribution in [0.25, 0.3) is 11.1 Å². The Kier molecular flexibility index (Phi) is 6.12. The molecule has 0 amide bonds. The molecule has 0 saturated carbocycles. The number of hydrogen-bond donors (Lipinski definition) is 0. The lowest BCUT2D eigenvalue weighted by atomic mass is 10.0. The van der Waals surface area contributed by atoms with E-state index in [4.69, 9.17) is 9.47 Å². The van der Waals surface area contributed by atoms with Crippen LogP contribution < -0.4 is 9.47 Å². The predicted octanol–water partition coefficient (Wildman–Crippen LogP) is 6.10. The summed E-state index contributed by atoms with van der Waals surface area (Å²) >= 11 is 0. The highest BCUT2D eigenvalue weighted by Crippen LogP contribution is 2.31. The van der Waals surface area contributed by atoms with Crippen LogP contribution in [0.5, 0.6) is 11.5 Å². The lowest BCUT2D eigenvalue weighted by molar-refractivity contribution is -0.138. The monoisotopic (exact) mass is 354 g/mol. The maximum atomic E-state index is 12.0. The average Bonchev–Trinajstić information content (AvgIpc) is 2.56. The molecular formula is C23H30O3. The summed E-state index contributed by atoms with van der Waals surface area (Å²) in [5.74, 6) is 1.26. The van der Waals surface area contributed by atoms with E-state index in [9.17, 15) is 4.79 Å². The van der Waals surface area contributed by atoms with Gasteiger partial charge in [-0.3, -0.25) is 4.79 Å². The molecule has 0 radical (unpaired) electrons. The van der Waals surface area contributed by atoms with Gasteiger partial charge in [0.2, 0.25) is 0 Å². The molecule has 0 saturated heterocycles. The van der Waals surface area contributed by atoms with Gasteiger partial charge in [-0.05, 0) is 87.6 Å². The van der Waals surface area contributed by atoms with Gasteiger partial charge in [0.1, 0.15) is 17.1 Å². The molecule has 3 heteroatoms. The summed E-state index contributed by atoms with van der Waals surface area (Å²) in [6.07, 6.45) is 0.776. The van der Waals surface area contributed by atoms with Gasteiger partial charge in [-0.15, -0.1) is 0 Å². The summed E-state index contributed by atoms with van der Waals surface area (Å²) < 4.78 is 11.5. The summed E-state index contributed by atoms with van der Waals surface area (Å²) in [5, 5.41) is 0. The Hall–Kier alpha value is -2.29. The first-order valence-corrected chi connectivity index (χ1v) is 9.23. The third-order valence-corrected chi connectivity index (χ3v) is 4.32. The molecule has 0 bridgehead atoms. The molecule has 0 aliphatic rings. The second-order valence-electron chi connectivity index (χ2n) is 7.91. The Bertz CT molecular complexity index is 785. The van der Waals surface area contributed by atoms with Crippen molar-refractivity contribution in [1.82, 2.24) is 0 Å². The maximum Gasteiger partial charge on any atom is 0.314 e. The molecule has 3 nitrogen and oxygen atoms in total. The van der Waals surface area contributed by atoms with E-state index in [1.165, 1.54) is 0 Å². The summed E-state index contributed by atoms with van der Waals surface area (Å²) in [4.78, 5) is 12.0. The lowest BCUT2D eigenvalue weighted by Gasteiger charge is -2.23. The fourth-order valence-corrected chi connectivity index (χ4v) is 2.59. The van der Waals surface area contributed by atoms with Crippen LogP contribution in [0, 0.1) is 19.8 Å². The number of esters is 1. The molecular weight excluding hydrogens is 324 g/mol. The quantitative estimate of drug-likeness (QED) is 0.481. The van der Waals surface area contributed by atoms with Gasteiger partial charge in [0, 0.05) is 0 Å². The van der Waals surface area contributed by atoms with Gasteiger partial charge in [0.25, 0.3) is 0 Å². The molecule has 0 fully saturated rings. The van der Waals surface area contributed by atoms with E-state index < -0.39 is 0 Å². The van der Waals surface area contributed by atoms with E-state index in [1.807, 2.05) is 59.7 Å². The van der Waals surface area contributed by atoms with Crippen molar-refractivity contribution in [2.45, 2.75) is 60.5 Å². The molecule has 0 N–H and O–H groups in total. The van der Waals surface area contributed by atoms with E-state index in [0.29, 0.717) is 5.75 Å². The zero-order chi connectivity index (χ0) is 19.5. The molecule has 0 spiro atoms. The second kappa shape index (κ2) is 7.94. The topological polar surface area (TPSA) is 35.5 Å². The standard InChI is InChI=1S/C23H30O3/c1-8-15(2)22(24)25-20-11-9-18(13-16(20)3)19-10-12-21(17(4)14-19)26-23(5,6)7/h9-15H,8H2,1-7H3. The van der Waals surface area contributed by atoms with E-state index in [0.717, 1.165) is 34.4 Å². The molecule has 1 atom stereocenters. The van der Waals surface area contributed by atoms with Gasteiger partial charge in [0.15, 0.2) is 0 Å². The van der Waals surface area contributed by atoms with Crippen LogP contribution in [0.3, 0.4) is 0 Å². The Morgan fingerprint density at radius 3 is 1.88 bits per heavy atom. The van der Waals surface area contributed by atoms with Gasteiger partial charge < -0.3 is 9.47 Å². The third-order valence-electron chi connectivity index (χ3n) is 4.32. The van der Waals surface area contributed by atoms with E-state index in [2.05, 4.69) is 25.1 Å². The summed E-state index contributed by atoms with van der Waals surface area (Å²) in [6.45, 7) is 14.0. The molecule has 0 aliphatic heterocycles. The minimum Gasteiger partial charge on any atom is -0.488 e. The molecule has 1 unspecified atom stereocenters. The van der Waals surface area contributed by atoms with Crippen LogP contribution in [-0.4, -0.2) is 11.6 Å². The van der Waals surface area contributed by atoms with Crippen molar-refractivity contribution in [2.75, 3.05) is 0 Å². The summed E-state index contributed by atoms with van der Waals surface area (Å²) in [6, 6.07) is 12.1. The van der Waals surface area contributed by atoms with Crippen molar-refractivity contribution in [2.24, 2.45) is 5.92 Å². The highest BCUT2D eigenvalue weighted by atomic mass is 16.5. The van der Waals surface area contributed by atoms with Crippen molar-refractivity contribution < 1.29 is 14.3 Å². The predicted molar refractivity (Wildman–Crippen MR) is 107 cm³/mol. The number of aryl methyl sites for hydroxylation is 2. The lowest BCUT2D eigenvalue weighted by Crippen LogP contribution is -2.23. The first-order chi connectivity index (χ1) is 12.1. The number of carbonyl (C=O) groups is 1. The van der Waals surface area contributed by atoms with Crippen molar-refractivity contribution in [3.8, 4) is 22.6 Å². The maximum absolute atomic E-state index is 12.0. The normalized spacial score (nSPS) is 12.6. The number of ether oxygens (including phenoxy) is 2. The van der Waals surface area contributed by atoms with E-state index >= 15 is 0 Å². The Morgan fingerprint density at radius 2 is 1.46 bits per heavy atom. The number of carbonyl (C=O) groups excluding carboxylic acids is 1. The molecule has 140 valence electrons. The van der Waals surface area contributed by atoms with E-state index in [1.54, 1.807) is 0 Å². The second-order valence-corrected chi connectivity index (χ2v) is 7.91. The smallest absolute Gasteiger partial charge is 0.314 e. The van der Waals surface area contributed by atoms with Crippen molar-refractivity contribution in [1.29, 1.82) is 0 Å². The number of benzene rings is 2. The van der Waals surface area contributed by atoms with Gasteiger partial charge in [-0.25, -0.2) is 0 Å². The first-order valence-electron chi connectivity index (χ1n) is 9.23. The fraction of sp³-hybridized carbons (Fsp3) is 0.435. The molecule has 2 aromatic rings. The van der Waals surface area contributed by atoms with Crippen LogP contribution in [0.2, 0.25) is 0 Å². The Morgan fingerprint density at radius 1 is 0.962 bits per heavy atom. The molecule has 2 aromatic carbocycles. The minimum atomic E-state index is -0.218. The summed E-state index contributed by atoms with van der Waals surface area (Å²) in [5.41, 5.74) is 4.04. The van der Waals surface area contributed by atoms with Gasteiger partial charge in [-0.1, -0.05) is 26.0 Å². The number of rotatable bonds is 5. The molecule has 0 heterocycles. The highest BCUT2D eigenvalue weighted by molar-refractivity contribution is 5.76. The van der Waals surface area contributed by atoms with Gasteiger partial charge >= 0.3 is 5.97 Å². The third kappa shape index (κ3) is 5.10.